The summed E-state index contributed by atoms with van der Waals surface area (Å²) in [5.41, 5.74) is 3.96. The number of piperidine rings is 1. The molecule has 0 aromatic carbocycles. The molecule has 1 unspecified atom stereocenters. The maximum Gasteiger partial charge on any atom is 0.307 e. The summed E-state index contributed by atoms with van der Waals surface area (Å²) in [7, 11) is 0. The number of carboxylic acid groups (broad SMARTS) is 1. The third-order valence-electron chi connectivity index (χ3n) is 4.75. The van der Waals surface area contributed by atoms with Gasteiger partial charge in [-0.1, -0.05) is 6.08 Å². The van der Waals surface area contributed by atoms with Gasteiger partial charge >= 0.3 is 5.97 Å². The molecule has 2 aromatic rings. The Morgan fingerprint density at radius 1 is 1.40 bits per heavy atom. The van der Waals surface area contributed by atoms with Crippen molar-refractivity contribution < 1.29 is 9.90 Å². The molecule has 1 aliphatic heterocycles. The fourth-order valence-electron chi connectivity index (χ4n) is 3.38. The summed E-state index contributed by atoms with van der Waals surface area (Å²) < 4.78 is 0. The van der Waals surface area contributed by atoms with E-state index in [1.807, 2.05) is 0 Å². The topological polar surface area (TPSA) is 40.5 Å². The number of rotatable bonds is 6. The van der Waals surface area contributed by atoms with Crippen LogP contribution in [0.5, 0.6) is 0 Å². The Morgan fingerprint density at radius 2 is 2.24 bits per heavy atom. The van der Waals surface area contributed by atoms with Crippen LogP contribution in [0.25, 0.3) is 5.57 Å². The van der Waals surface area contributed by atoms with Gasteiger partial charge in [-0.05, 0) is 73.7 Å². The van der Waals surface area contributed by atoms with Crippen LogP contribution in [-0.4, -0.2) is 35.6 Å². The summed E-state index contributed by atoms with van der Waals surface area (Å²) in [6.07, 6.45) is 5.10. The van der Waals surface area contributed by atoms with Gasteiger partial charge in [-0.3, -0.25) is 4.79 Å². The van der Waals surface area contributed by atoms with Crippen LogP contribution < -0.4 is 0 Å². The van der Waals surface area contributed by atoms with Crippen LogP contribution in [-0.2, 0) is 4.79 Å². The maximum absolute atomic E-state index is 11.2. The highest BCUT2D eigenvalue weighted by Gasteiger charge is 2.24. The molecule has 0 saturated carbocycles. The zero-order valence-corrected chi connectivity index (χ0v) is 16.5. The van der Waals surface area contributed by atoms with Crippen molar-refractivity contribution in [1.82, 2.24) is 4.90 Å². The van der Waals surface area contributed by atoms with Gasteiger partial charge in [0.05, 0.1) is 5.92 Å². The molecule has 1 saturated heterocycles. The number of aliphatic carboxylic acids is 1. The number of carbonyl (C=O) groups is 1. The molecule has 5 heteroatoms. The van der Waals surface area contributed by atoms with Gasteiger partial charge < -0.3 is 10.0 Å². The molecule has 1 atom stereocenters. The molecule has 0 spiro atoms. The van der Waals surface area contributed by atoms with Gasteiger partial charge in [-0.15, -0.1) is 22.7 Å². The van der Waals surface area contributed by atoms with Crippen LogP contribution in [0, 0.1) is 19.8 Å². The van der Waals surface area contributed by atoms with Crippen LogP contribution >= 0.6 is 22.7 Å². The number of thiophene rings is 2. The van der Waals surface area contributed by atoms with Crippen molar-refractivity contribution in [3.05, 3.63) is 49.9 Å². The molecule has 1 fully saturated rings. The minimum Gasteiger partial charge on any atom is -0.481 e. The van der Waals surface area contributed by atoms with E-state index in [-0.39, 0.29) is 5.92 Å². The normalized spacial score (nSPS) is 19.3. The first-order valence-electron chi connectivity index (χ1n) is 8.80. The highest BCUT2D eigenvalue weighted by Crippen LogP contribution is 2.34. The predicted octanol–water partition coefficient (Wildman–Crippen LogP) is 5.04. The van der Waals surface area contributed by atoms with Crippen molar-refractivity contribution in [3.8, 4) is 0 Å². The summed E-state index contributed by atoms with van der Waals surface area (Å²) in [5.74, 6) is -0.846. The first-order valence-corrected chi connectivity index (χ1v) is 10.6. The summed E-state index contributed by atoms with van der Waals surface area (Å²) in [6.45, 7) is 6.95. The lowest BCUT2D eigenvalue weighted by molar-refractivity contribution is -0.143. The van der Waals surface area contributed by atoms with Crippen molar-refractivity contribution in [3.63, 3.8) is 0 Å². The van der Waals surface area contributed by atoms with E-state index in [4.69, 9.17) is 0 Å². The van der Waals surface area contributed by atoms with E-state index in [0.29, 0.717) is 6.54 Å². The summed E-state index contributed by atoms with van der Waals surface area (Å²) in [4.78, 5) is 16.2. The molecular formula is C20H25NO2S2. The van der Waals surface area contributed by atoms with Crippen LogP contribution in [0.1, 0.15) is 40.1 Å². The lowest BCUT2D eigenvalue weighted by Gasteiger charge is -2.30. The Labute approximate surface area is 157 Å². The van der Waals surface area contributed by atoms with Gasteiger partial charge in [-0.25, -0.2) is 0 Å². The van der Waals surface area contributed by atoms with E-state index >= 15 is 0 Å². The van der Waals surface area contributed by atoms with Crippen molar-refractivity contribution >= 4 is 34.2 Å². The number of aryl methyl sites for hydroxylation is 2. The average molecular weight is 376 g/mol. The predicted molar refractivity (Wildman–Crippen MR) is 107 cm³/mol. The quantitative estimate of drug-likeness (QED) is 0.768. The molecule has 1 N–H and O–H groups in total. The number of nitrogens with zero attached hydrogens (tertiary/aromatic N) is 1. The monoisotopic (exact) mass is 375 g/mol. The molecule has 2 aromatic heterocycles. The number of carboxylic acids is 1. The van der Waals surface area contributed by atoms with Crippen molar-refractivity contribution in [2.24, 2.45) is 5.92 Å². The fourth-order valence-corrected chi connectivity index (χ4v) is 5.37. The van der Waals surface area contributed by atoms with Gasteiger partial charge in [0.2, 0.25) is 0 Å². The minimum atomic E-state index is -0.649. The molecule has 0 aliphatic carbocycles. The van der Waals surface area contributed by atoms with E-state index in [1.54, 1.807) is 22.7 Å². The lowest BCUT2D eigenvalue weighted by atomic mass is 9.98. The second kappa shape index (κ2) is 8.30. The number of hydrogen-bond donors (Lipinski definition) is 1. The Bertz CT molecular complexity index is 759. The largest absolute Gasteiger partial charge is 0.481 e. The van der Waals surface area contributed by atoms with Crippen LogP contribution in [0.3, 0.4) is 0 Å². The zero-order valence-electron chi connectivity index (χ0n) is 14.8. The van der Waals surface area contributed by atoms with E-state index in [1.165, 1.54) is 26.5 Å². The molecule has 3 rings (SSSR count). The van der Waals surface area contributed by atoms with Crippen molar-refractivity contribution in [1.29, 1.82) is 0 Å². The standard InChI is InChI=1S/C20H25NO2S2/c1-14-11-18(25-13-14)17(19-15(2)7-10-24-19)6-4-9-21-8-3-5-16(12-21)20(22)23/h6-7,10-11,13,16H,3-5,8-9,12H2,1-2H3,(H,22,23)/b17-6-. The molecule has 1 aliphatic rings. The molecule has 0 bridgehead atoms. The van der Waals surface area contributed by atoms with E-state index < -0.39 is 5.97 Å². The van der Waals surface area contributed by atoms with Crippen molar-refractivity contribution in [2.45, 2.75) is 33.1 Å². The first kappa shape index (κ1) is 18.4. The van der Waals surface area contributed by atoms with Crippen LogP contribution in [0.4, 0.5) is 0 Å². The fraction of sp³-hybridized carbons (Fsp3) is 0.450. The highest BCUT2D eigenvalue weighted by molar-refractivity contribution is 7.14. The van der Waals surface area contributed by atoms with Gasteiger partial charge in [-0.2, -0.15) is 0 Å². The number of hydrogen-bond acceptors (Lipinski definition) is 4. The van der Waals surface area contributed by atoms with E-state index in [2.05, 4.69) is 47.7 Å². The third kappa shape index (κ3) is 4.60. The highest BCUT2D eigenvalue weighted by atomic mass is 32.1. The Balaban J connectivity index is 1.71. The summed E-state index contributed by atoms with van der Waals surface area (Å²) >= 11 is 3.60. The smallest absolute Gasteiger partial charge is 0.307 e. The average Bonchev–Trinajstić information content (AvgIpc) is 3.20. The van der Waals surface area contributed by atoms with Crippen LogP contribution in [0.15, 0.2) is 29.0 Å². The Kier molecular flexibility index (Phi) is 6.10. The van der Waals surface area contributed by atoms with Gasteiger partial charge in [0.15, 0.2) is 0 Å². The number of likely N-dealkylation sites (tertiary alicyclic amines) is 1. The molecule has 25 heavy (non-hydrogen) atoms. The lowest BCUT2D eigenvalue weighted by Crippen LogP contribution is -2.39. The SMILES string of the molecule is Cc1csc(/C(=C/CCN2CCCC(C(=O)O)C2)c2sccc2C)c1. The van der Waals surface area contributed by atoms with Gasteiger partial charge in [0.1, 0.15) is 0 Å². The molecule has 3 nitrogen and oxygen atoms in total. The molecular weight excluding hydrogens is 350 g/mol. The zero-order chi connectivity index (χ0) is 17.8. The first-order chi connectivity index (χ1) is 12.0. The summed E-state index contributed by atoms with van der Waals surface area (Å²) in [6, 6.07) is 4.44. The molecule has 3 heterocycles. The Hall–Kier alpha value is -1.43. The van der Waals surface area contributed by atoms with Gasteiger partial charge in [0.25, 0.3) is 0 Å². The second-order valence-corrected chi connectivity index (χ2v) is 8.63. The van der Waals surface area contributed by atoms with E-state index in [0.717, 1.165) is 32.4 Å². The second-order valence-electron chi connectivity index (χ2n) is 6.81. The third-order valence-corrected chi connectivity index (χ3v) is 6.88. The molecule has 134 valence electrons. The summed E-state index contributed by atoms with van der Waals surface area (Å²) in [5, 5.41) is 13.6. The van der Waals surface area contributed by atoms with Gasteiger partial charge in [0, 0.05) is 28.4 Å². The Morgan fingerprint density at radius 3 is 2.88 bits per heavy atom. The molecule has 0 radical (unpaired) electrons. The van der Waals surface area contributed by atoms with Crippen LogP contribution in [0.2, 0.25) is 0 Å². The molecule has 0 amide bonds. The van der Waals surface area contributed by atoms with E-state index in [9.17, 15) is 9.90 Å². The van der Waals surface area contributed by atoms with Crippen molar-refractivity contribution in [2.75, 3.05) is 19.6 Å². The minimum absolute atomic E-state index is 0.198. The maximum atomic E-state index is 11.2.